The largest absolute Gasteiger partial charge is 0.382 e. The Hall–Kier alpha value is -2.83. The van der Waals surface area contributed by atoms with Gasteiger partial charge in [0.1, 0.15) is 11.3 Å². The fourth-order valence-corrected chi connectivity index (χ4v) is 4.56. The highest BCUT2D eigenvalue weighted by atomic mass is 16.2. The third kappa shape index (κ3) is 3.73. The van der Waals surface area contributed by atoms with Crippen molar-refractivity contribution in [3.63, 3.8) is 0 Å². The normalized spacial score (nSPS) is 16.4. The number of imidazole rings is 1. The lowest BCUT2D eigenvalue weighted by atomic mass is 9.81. The number of nitrogens with zero attached hydrogens (tertiary/aromatic N) is 3. The number of anilines is 1. The van der Waals surface area contributed by atoms with Gasteiger partial charge < -0.3 is 20.9 Å². The van der Waals surface area contributed by atoms with Crippen LogP contribution in [0.1, 0.15) is 51.8 Å². The lowest BCUT2D eigenvalue weighted by Gasteiger charge is -2.39. The van der Waals surface area contributed by atoms with E-state index in [0.29, 0.717) is 12.4 Å². The van der Waals surface area contributed by atoms with E-state index in [4.69, 9.17) is 10.7 Å². The van der Waals surface area contributed by atoms with Crippen LogP contribution in [-0.2, 0) is 6.54 Å². The van der Waals surface area contributed by atoms with Gasteiger partial charge in [0.15, 0.2) is 5.82 Å². The molecule has 3 aromatic rings. The molecule has 7 nitrogen and oxygen atoms in total. The maximum atomic E-state index is 12.6. The zero-order valence-electron chi connectivity index (χ0n) is 17.5. The molecule has 1 saturated carbocycles. The highest BCUT2D eigenvalue weighted by Crippen LogP contribution is 2.34. The molecule has 0 radical (unpaired) electrons. The van der Waals surface area contributed by atoms with Crippen molar-refractivity contribution < 1.29 is 4.79 Å². The van der Waals surface area contributed by atoms with Crippen molar-refractivity contribution in [1.29, 1.82) is 0 Å². The van der Waals surface area contributed by atoms with Crippen molar-refractivity contribution >= 4 is 33.8 Å². The Balaban J connectivity index is 1.80. The summed E-state index contributed by atoms with van der Waals surface area (Å²) in [6.45, 7) is 6.62. The molecule has 2 heterocycles. The molecule has 29 heavy (non-hydrogen) atoms. The standard InChI is InChI=1S/C22H30N6O/c1-14(2)24-21(29)27-22(11-7-4-8-12-22)13-28-15(3)25-18-19(28)16-9-5-6-10-17(16)26-20(18)23/h5-6,9-10,14H,4,7-8,11-13H2,1-3H3,(H2,23,26)(H2,24,27,29). The molecule has 4 rings (SSSR count). The highest BCUT2D eigenvalue weighted by molar-refractivity contribution is 6.06. The lowest BCUT2D eigenvalue weighted by Crippen LogP contribution is -2.56. The first-order valence-corrected chi connectivity index (χ1v) is 10.5. The number of aryl methyl sites for hydroxylation is 1. The quantitative estimate of drug-likeness (QED) is 0.625. The number of para-hydroxylation sites is 1. The molecule has 7 heteroatoms. The van der Waals surface area contributed by atoms with Gasteiger partial charge in [-0.15, -0.1) is 0 Å². The van der Waals surface area contributed by atoms with Crippen LogP contribution in [0.25, 0.3) is 21.9 Å². The number of carbonyl (C=O) groups excluding carboxylic acids is 1. The van der Waals surface area contributed by atoms with Gasteiger partial charge >= 0.3 is 6.03 Å². The van der Waals surface area contributed by atoms with Crippen molar-refractivity contribution in [2.75, 3.05) is 5.73 Å². The van der Waals surface area contributed by atoms with E-state index < -0.39 is 0 Å². The number of pyridine rings is 1. The zero-order valence-corrected chi connectivity index (χ0v) is 17.5. The van der Waals surface area contributed by atoms with Crippen LogP contribution in [0.2, 0.25) is 0 Å². The predicted octanol–water partition coefficient (Wildman–Crippen LogP) is 3.89. The molecule has 0 spiro atoms. The highest BCUT2D eigenvalue weighted by Gasteiger charge is 2.35. The van der Waals surface area contributed by atoms with E-state index in [1.807, 2.05) is 39.0 Å². The second kappa shape index (κ2) is 7.54. The molecular weight excluding hydrogens is 364 g/mol. The van der Waals surface area contributed by atoms with Gasteiger partial charge in [0.2, 0.25) is 0 Å². The summed E-state index contributed by atoms with van der Waals surface area (Å²) in [5, 5.41) is 7.33. The number of carbonyl (C=O) groups is 1. The minimum Gasteiger partial charge on any atom is -0.382 e. The van der Waals surface area contributed by atoms with Crippen LogP contribution in [0.5, 0.6) is 0 Å². The number of urea groups is 1. The minimum atomic E-state index is -0.297. The second-order valence-electron chi connectivity index (χ2n) is 8.55. The van der Waals surface area contributed by atoms with Crippen LogP contribution in [0.4, 0.5) is 10.6 Å². The molecule has 0 aliphatic heterocycles. The van der Waals surface area contributed by atoms with Crippen LogP contribution in [0.3, 0.4) is 0 Å². The first kappa shape index (κ1) is 19.5. The number of amides is 2. The Labute approximate surface area is 171 Å². The molecule has 0 atom stereocenters. The molecule has 0 saturated heterocycles. The average Bonchev–Trinajstić information content (AvgIpc) is 2.99. The van der Waals surface area contributed by atoms with Crippen molar-refractivity contribution in [3.8, 4) is 0 Å². The number of hydrogen-bond donors (Lipinski definition) is 3. The fraction of sp³-hybridized carbons (Fsp3) is 0.500. The van der Waals surface area contributed by atoms with Gasteiger partial charge in [0, 0.05) is 18.0 Å². The predicted molar refractivity (Wildman–Crippen MR) is 117 cm³/mol. The summed E-state index contributed by atoms with van der Waals surface area (Å²) in [7, 11) is 0. The smallest absolute Gasteiger partial charge is 0.315 e. The summed E-state index contributed by atoms with van der Waals surface area (Å²) < 4.78 is 2.22. The zero-order chi connectivity index (χ0) is 20.6. The Morgan fingerprint density at radius 1 is 1.21 bits per heavy atom. The van der Waals surface area contributed by atoms with Crippen LogP contribution in [0, 0.1) is 6.92 Å². The van der Waals surface area contributed by atoms with Crippen LogP contribution in [-0.4, -0.2) is 32.1 Å². The number of nitrogens with two attached hydrogens (primary N) is 1. The first-order valence-electron chi connectivity index (χ1n) is 10.5. The summed E-state index contributed by atoms with van der Waals surface area (Å²) in [6.07, 6.45) is 5.33. The maximum Gasteiger partial charge on any atom is 0.315 e. The van der Waals surface area contributed by atoms with E-state index in [-0.39, 0.29) is 17.6 Å². The average molecular weight is 395 g/mol. The van der Waals surface area contributed by atoms with E-state index in [1.165, 1.54) is 6.42 Å². The topological polar surface area (TPSA) is 97.9 Å². The summed E-state index contributed by atoms with van der Waals surface area (Å²) in [5.41, 5.74) is 8.54. The number of rotatable bonds is 4. The Kier molecular flexibility index (Phi) is 5.06. The number of nitrogens with one attached hydrogen (secondary N) is 2. The van der Waals surface area contributed by atoms with Gasteiger partial charge in [-0.1, -0.05) is 37.5 Å². The van der Waals surface area contributed by atoms with E-state index in [2.05, 4.69) is 26.3 Å². The molecule has 0 unspecified atom stereocenters. The summed E-state index contributed by atoms with van der Waals surface area (Å²) in [4.78, 5) is 21.9. The van der Waals surface area contributed by atoms with E-state index >= 15 is 0 Å². The molecular formula is C22H30N6O. The summed E-state index contributed by atoms with van der Waals surface area (Å²) in [6, 6.07) is 8.01. The number of aromatic nitrogens is 3. The van der Waals surface area contributed by atoms with E-state index in [1.54, 1.807) is 0 Å². The van der Waals surface area contributed by atoms with Crippen molar-refractivity contribution in [2.45, 2.75) is 71.0 Å². The fourth-order valence-electron chi connectivity index (χ4n) is 4.56. The van der Waals surface area contributed by atoms with Crippen LogP contribution in [0.15, 0.2) is 24.3 Å². The molecule has 2 aromatic heterocycles. The number of nitrogen functional groups attached to an aromatic ring is 1. The second-order valence-corrected chi connectivity index (χ2v) is 8.55. The third-order valence-electron chi connectivity index (χ3n) is 5.87. The molecule has 1 aromatic carbocycles. The maximum absolute atomic E-state index is 12.6. The Morgan fingerprint density at radius 3 is 2.66 bits per heavy atom. The van der Waals surface area contributed by atoms with Crippen LogP contribution >= 0.6 is 0 Å². The SMILES string of the molecule is Cc1nc2c(N)nc3ccccc3c2n1CC1(NC(=O)NC(C)C)CCCCC1. The van der Waals surface area contributed by atoms with E-state index in [9.17, 15) is 4.79 Å². The lowest BCUT2D eigenvalue weighted by molar-refractivity contribution is 0.186. The third-order valence-corrected chi connectivity index (χ3v) is 5.87. The number of benzene rings is 1. The number of hydrogen-bond acceptors (Lipinski definition) is 4. The molecule has 1 fully saturated rings. The Morgan fingerprint density at radius 2 is 1.93 bits per heavy atom. The van der Waals surface area contributed by atoms with Crippen LogP contribution < -0.4 is 16.4 Å². The van der Waals surface area contributed by atoms with Gasteiger partial charge in [-0.25, -0.2) is 14.8 Å². The van der Waals surface area contributed by atoms with Gasteiger partial charge in [0.05, 0.1) is 16.6 Å². The molecule has 1 aliphatic rings. The molecule has 0 bridgehead atoms. The molecule has 154 valence electrons. The number of fused-ring (bicyclic) bond motifs is 3. The van der Waals surface area contributed by atoms with Gasteiger partial charge in [-0.05, 0) is 39.7 Å². The monoisotopic (exact) mass is 394 g/mol. The Bertz CT molecular complexity index is 1050. The molecule has 2 amide bonds. The first-order chi connectivity index (χ1) is 13.9. The minimum absolute atomic E-state index is 0.0984. The van der Waals surface area contributed by atoms with Gasteiger partial charge in [0.25, 0.3) is 0 Å². The van der Waals surface area contributed by atoms with E-state index in [0.717, 1.165) is 53.4 Å². The molecule has 1 aliphatic carbocycles. The summed E-state index contributed by atoms with van der Waals surface area (Å²) >= 11 is 0. The van der Waals surface area contributed by atoms with Crippen molar-refractivity contribution in [1.82, 2.24) is 25.2 Å². The summed E-state index contributed by atoms with van der Waals surface area (Å²) in [5.74, 6) is 1.34. The van der Waals surface area contributed by atoms with Crippen molar-refractivity contribution in [2.24, 2.45) is 0 Å². The molecule has 4 N–H and O–H groups in total. The van der Waals surface area contributed by atoms with Crippen molar-refractivity contribution in [3.05, 3.63) is 30.1 Å². The van der Waals surface area contributed by atoms with Gasteiger partial charge in [-0.3, -0.25) is 0 Å². The van der Waals surface area contributed by atoms with Gasteiger partial charge in [-0.2, -0.15) is 0 Å².